The van der Waals surface area contributed by atoms with Crippen LogP contribution in [-0.2, 0) is 9.53 Å². The fourth-order valence-corrected chi connectivity index (χ4v) is 0.203. The molecule has 0 aliphatic carbocycles. The molecule has 66 valence electrons. The number of aliphatic hydroxyl groups is 1. The topological polar surface area (TPSA) is 78.0 Å². The molecular weight excluding hydrogens is 160 g/mol. The van der Waals surface area contributed by atoms with E-state index in [0.29, 0.717) is 6.61 Å². The minimum Gasteiger partial charge on any atom is -0.466 e. The van der Waals surface area contributed by atoms with Gasteiger partial charge in [-0.05, 0) is 6.92 Å². The van der Waals surface area contributed by atoms with Gasteiger partial charge in [-0.1, -0.05) is 0 Å². The lowest BCUT2D eigenvalue weighted by Crippen LogP contribution is -1.95. The molecule has 0 aromatic carbocycles. The number of ether oxygens (including phenoxy) is 1. The van der Waals surface area contributed by atoms with E-state index < -0.39 is 0 Å². The second-order valence-electron chi connectivity index (χ2n) is 0.925. The lowest BCUT2D eigenvalue weighted by molar-refractivity contribution is -0.140. The highest BCUT2D eigenvalue weighted by Gasteiger charge is 1.81. The first kappa shape index (κ1) is 22.6. The molecule has 10 heavy (non-hydrogen) atoms. The summed E-state index contributed by atoms with van der Waals surface area (Å²) in [5.74, 6) is -0.211. The Bertz CT molecular complexity index is 57.6. The van der Waals surface area contributed by atoms with Gasteiger partial charge in [-0.3, -0.25) is 4.79 Å². The summed E-state index contributed by atoms with van der Waals surface area (Å²) in [7, 11) is 1.00. The van der Waals surface area contributed by atoms with Crippen LogP contribution in [0.4, 0.5) is 0 Å². The highest BCUT2D eigenvalue weighted by molar-refractivity contribution is 5.85. The normalized spacial score (nSPS) is 5.20. The quantitative estimate of drug-likeness (QED) is 0.558. The Labute approximate surface area is 66.9 Å². The molecule has 0 spiro atoms. The van der Waals surface area contributed by atoms with Crippen LogP contribution >= 0.6 is 12.4 Å². The van der Waals surface area contributed by atoms with Crippen LogP contribution in [0.15, 0.2) is 0 Å². The van der Waals surface area contributed by atoms with Gasteiger partial charge in [0.1, 0.15) is 0 Å². The van der Waals surface area contributed by atoms with Crippen LogP contribution in [0.25, 0.3) is 0 Å². The number of halogens is 1. The summed E-state index contributed by atoms with van der Waals surface area (Å²) in [5, 5.41) is 7.00. The highest BCUT2D eigenvalue weighted by Crippen LogP contribution is 1.69. The highest BCUT2D eigenvalue weighted by atomic mass is 35.5. The van der Waals surface area contributed by atoms with E-state index in [0.717, 1.165) is 7.11 Å². The van der Waals surface area contributed by atoms with Gasteiger partial charge < -0.3 is 15.3 Å². The Morgan fingerprint density at radius 3 is 1.80 bits per heavy atom. The maximum absolute atomic E-state index is 9.82. The van der Waals surface area contributed by atoms with Crippen LogP contribution in [0.2, 0.25) is 0 Å². The van der Waals surface area contributed by atoms with Crippen molar-refractivity contribution >= 4 is 18.4 Å². The number of carbonyl (C=O) groups excluding carboxylic acids is 1. The van der Waals surface area contributed by atoms with Crippen molar-refractivity contribution in [2.45, 2.75) is 13.8 Å². The van der Waals surface area contributed by atoms with Crippen molar-refractivity contribution in [2.75, 3.05) is 13.7 Å². The van der Waals surface area contributed by atoms with Crippen LogP contribution in [0.1, 0.15) is 13.8 Å². The lowest BCUT2D eigenvalue weighted by atomic mass is 10.8. The summed E-state index contributed by atoms with van der Waals surface area (Å²) in [6, 6.07) is 0. The van der Waals surface area contributed by atoms with Crippen molar-refractivity contribution in [3.8, 4) is 0 Å². The maximum Gasteiger partial charge on any atom is 0.302 e. The number of hydrogen-bond acceptors (Lipinski definition) is 3. The van der Waals surface area contributed by atoms with E-state index in [1.165, 1.54) is 6.92 Å². The van der Waals surface area contributed by atoms with Crippen molar-refractivity contribution in [3.63, 3.8) is 0 Å². The molecule has 0 unspecified atom stereocenters. The molecule has 0 saturated heterocycles. The molecule has 0 aromatic heterocycles. The molecule has 5 heteroatoms. The average Bonchev–Trinajstić information content (AvgIpc) is 1.72. The van der Waals surface area contributed by atoms with Crippen molar-refractivity contribution in [3.05, 3.63) is 0 Å². The van der Waals surface area contributed by atoms with E-state index in [1.807, 2.05) is 0 Å². The summed E-state index contributed by atoms with van der Waals surface area (Å²) in [6.07, 6.45) is 0. The smallest absolute Gasteiger partial charge is 0.302 e. The molecule has 0 fully saturated rings. The third kappa shape index (κ3) is 47.7. The molecule has 0 radical (unpaired) electrons. The first-order valence-electron chi connectivity index (χ1n) is 2.35. The molecule has 0 rings (SSSR count). The van der Waals surface area contributed by atoms with Gasteiger partial charge in [0.2, 0.25) is 0 Å². The zero-order chi connectivity index (χ0) is 6.99. The van der Waals surface area contributed by atoms with Gasteiger partial charge in [-0.15, -0.1) is 12.4 Å². The molecule has 0 aliphatic rings. The Morgan fingerprint density at radius 2 is 1.80 bits per heavy atom. The largest absolute Gasteiger partial charge is 0.466 e. The van der Waals surface area contributed by atoms with Crippen LogP contribution in [0.5, 0.6) is 0 Å². The number of esters is 1. The van der Waals surface area contributed by atoms with Gasteiger partial charge >= 0.3 is 5.97 Å². The molecular formula is C5H15ClO4. The van der Waals surface area contributed by atoms with Crippen LogP contribution < -0.4 is 0 Å². The fraction of sp³-hybridized carbons (Fsp3) is 0.800. The third-order valence-electron chi connectivity index (χ3n) is 0.348. The number of rotatable bonds is 1. The zero-order valence-electron chi connectivity index (χ0n) is 6.38. The average molecular weight is 175 g/mol. The summed E-state index contributed by atoms with van der Waals surface area (Å²) in [5.41, 5.74) is 0. The first-order valence-corrected chi connectivity index (χ1v) is 2.35. The molecule has 0 saturated carbocycles. The van der Waals surface area contributed by atoms with Crippen molar-refractivity contribution in [2.24, 2.45) is 0 Å². The minimum absolute atomic E-state index is 0. The summed E-state index contributed by atoms with van der Waals surface area (Å²) >= 11 is 0. The van der Waals surface area contributed by atoms with Crippen LogP contribution in [-0.4, -0.2) is 30.3 Å². The molecule has 0 amide bonds. The molecule has 0 bridgehead atoms. The van der Waals surface area contributed by atoms with E-state index in [2.05, 4.69) is 4.74 Å². The second-order valence-corrected chi connectivity index (χ2v) is 0.925. The monoisotopic (exact) mass is 174 g/mol. The predicted molar refractivity (Wildman–Crippen MR) is 41.3 cm³/mol. The van der Waals surface area contributed by atoms with Crippen molar-refractivity contribution in [1.29, 1.82) is 0 Å². The maximum atomic E-state index is 9.82. The van der Waals surface area contributed by atoms with Gasteiger partial charge in [-0.25, -0.2) is 0 Å². The standard InChI is InChI=1S/C4H8O2.CH4O.ClH.H2O/c1-3-6-4(2)5;1-2;;/h3H2,1-2H3;2H,1H3;1H;1H2. The van der Waals surface area contributed by atoms with Crippen LogP contribution in [0.3, 0.4) is 0 Å². The molecule has 0 aromatic rings. The number of aliphatic hydroxyl groups excluding tert-OH is 1. The second kappa shape index (κ2) is 23.4. The number of carbonyl (C=O) groups is 1. The van der Waals surface area contributed by atoms with Crippen LogP contribution in [0, 0.1) is 0 Å². The Balaban J connectivity index is -0.0000000412. The number of hydrogen-bond donors (Lipinski definition) is 1. The molecule has 3 N–H and O–H groups in total. The lowest BCUT2D eigenvalue weighted by Gasteiger charge is -1.89. The van der Waals surface area contributed by atoms with E-state index >= 15 is 0 Å². The predicted octanol–water partition coefficient (Wildman–Crippen LogP) is -0.225. The molecule has 0 atom stereocenters. The van der Waals surface area contributed by atoms with Crippen molar-refractivity contribution < 1.29 is 20.1 Å². The van der Waals surface area contributed by atoms with Gasteiger partial charge in [0.25, 0.3) is 0 Å². The van der Waals surface area contributed by atoms with Gasteiger partial charge in [-0.2, -0.15) is 0 Å². The first-order chi connectivity index (χ1) is 3.77. The van der Waals surface area contributed by atoms with E-state index in [1.54, 1.807) is 6.92 Å². The van der Waals surface area contributed by atoms with Gasteiger partial charge in [0, 0.05) is 14.0 Å². The Morgan fingerprint density at radius 1 is 1.50 bits per heavy atom. The summed E-state index contributed by atoms with van der Waals surface area (Å²) in [6.45, 7) is 3.65. The van der Waals surface area contributed by atoms with Gasteiger partial charge in [0.15, 0.2) is 0 Å². The summed E-state index contributed by atoms with van der Waals surface area (Å²) in [4.78, 5) is 9.82. The van der Waals surface area contributed by atoms with E-state index in [9.17, 15) is 4.79 Å². The zero-order valence-corrected chi connectivity index (χ0v) is 7.20. The minimum atomic E-state index is -0.211. The van der Waals surface area contributed by atoms with E-state index in [-0.39, 0.29) is 23.9 Å². The third-order valence-corrected chi connectivity index (χ3v) is 0.348. The van der Waals surface area contributed by atoms with Crippen molar-refractivity contribution in [1.82, 2.24) is 0 Å². The SMILES string of the molecule is CCOC(C)=O.CO.Cl.O. The van der Waals surface area contributed by atoms with Gasteiger partial charge in [0.05, 0.1) is 6.61 Å². The molecule has 0 aliphatic heterocycles. The van der Waals surface area contributed by atoms with E-state index in [4.69, 9.17) is 5.11 Å². The fourth-order valence-electron chi connectivity index (χ4n) is 0.203. The molecule has 0 heterocycles. The Hall–Kier alpha value is -0.320. The summed E-state index contributed by atoms with van der Waals surface area (Å²) < 4.78 is 4.40. The Kier molecular flexibility index (Phi) is 52.8. The molecule has 4 nitrogen and oxygen atoms in total.